The van der Waals surface area contributed by atoms with Crippen LogP contribution in [-0.4, -0.2) is 84.2 Å². The van der Waals surface area contributed by atoms with Crippen LogP contribution in [0.1, 0.15) is 23.2 Å². The molecule has 2 amide bonds. The molecule has 1 aromatic heterocycles. The number of amides is 2. The van der Waals surface area contributed by atoms with Crippen molar-refractivity contribution in [3.63, 3.8) is 0 Å². The van der Waals surface area contributed by atoms with Crippen molar-refractivity contribution >= 4 is 23.5 Å². The number of carboxylic acid groups (broad SMARTS) is 1. The van der Waals surface area contributed by atoms with Gasteiger partial charge in [-0.05, 0) is 62.2 Å². The van der Waals surface area contributed by atoms with Crippen molar-refractivity contribution in [2.75, 3.05) is 45.7 Å². The van der Waals surface area contributed by atoms with E-state index in [0.717, 1.165) is 25.9 Å². The maximum atomic E-state index is 13.0. The first-order valence-corrected chi connectivity index (χ1v) is 11.2. The topological polar surface area (TPSA) is 112 Å². The van der Waals surface area contributed by atoms with Gasteiger partial charge in [0.05, 0.1) is 25.5 Å². The van der Waals surface area contributed by atoms with Crippen molar-refractivity contribution in [3.05, 3.63) is 54.0 Å². The van der Waals surface area contributed by atoms with E-state index in [1.807, 2.05) is 0 Å². The van der Waals surface area contributed by atoms with Gasteiger partial charge in [-0.15, -0.1) is 0 Å². The minimum absolute atomic E-state index is 0.00181. The second-order valence-electron chi connectivity index (χ2n) is 8.35. The molecule has 2 heterocycles. The number of Topliss-reactive ketones (excluding diaryl/α,β-unsaturated/α-hetero) is 1. The normalized spacial score (nSPS) is 14.2. The maximum Gasteiger partial charge on any atom is 0.490 e. The Balaban J connectivity index is 0.000000604. The molecule has 0 saturated carbocycles. The molecule has 1 saturated heterocycles. The van der Waals surface area contributed by atoms with Gasteiger partial charge in [0.2, 0.25) is 5.88 Å². The van der Waals surface area contributed by atoms with Crippen molar-refractivity contribution in [2.24, 2.45) is 5.92 Å². The number of carbonyl (C=O) groups is 3. The number of pyridine rings is 1. The Labute approximate surface area is 211 Å². The Morgan fingerprint density at radius 1 is 1.14 bits per heavy atom. The molecule has 37 heavy (non-hydrogen) atoms. The van der Waals surface area contributed by atoms with Gasteiger partial charge < -0.3 is 20.1 Å². The van der Waals surface area contributed by atoms with Gasteiger partial charge in [-0.1, -0.05) is 0 Å². The van der Waals surface area contributed by atoms with Gasteiger partial charge in [0.15, 0.2) is 5.78 Å². The van der Waals surface area contributed by atoms with Crippen LogP contribution in [0.3, 0.4) is 0 Å². The van der Waals surface area contributed by atoms with Crippen LogP contribution < -0.4 is 10.1 Å². The number of carbonyl (C=O) groups excluding carboxylic acids is 2. The van der Waals surface area contributed by atoms with E-state index in [1.54, 1.807) is 37.4 Å². The standard InChI is InChI=1S/C22H27FN4O3.C2HF3O2/c1-26(22(29)25-19-7-8-21(30-2)24-13-19)14-16-9-11-27(12-10-16)15-20(28)17-3-5-18(23)6-4-17;3-2(4,5)1(6)7/h3-8,13,16H,9-12,14-15H2,1-2H3,(H,25,29);(H,6,7). The number of carboxylic acids is 1. The summed E-state index contributed by atoms with van der Waals surface area (Å²) in [6, 6.07) is 8.92. The second-order valence-corrected chi connectivity index (χ2v) is 8.35. The van der Waals surface area contributed by atoms with E-state index in [1.165, 1.54) is 24.3 Å². The number of nitrogens with zero attached hydrogens (tertiary/aromatic N) is 3. The van der Waals surface area contributed by atoms with E-state index < -0.39 is 12.1 Å². The predicted octanol–water partition coefficient (Wildman–Crippen LogP) is 3.92. The molecular weight excluding hydrogens is 500 g/mol. The van der Waals surface area contributed by atoms with Crippen LogP contribution in [0.5, 0.6) is 5.88 Å². The van der Waals surface area contributed by atoms with E-state index in [0.29, 0.717) is 36.1 Å². The molecule has 0 bridgehead atoms. The van der Waals surface area contributed by atoms with Crippen molar-refractivity contribution in [2.45, 2.75) is 19.0 Å². The molecule has 3 rings (SSSR count). The predicted molar refractivity (Wildman–Crippen MR) is 126 cm³/mol. The molecule has 0 aliphatic carbocycles. The van der Waals surface area contributed by atoms with Gasteiger partial charge in [-0.25, -0.2) is 19.0 Å². The third kappa shape index (κ3) is 10.0. The van der Waals surface area contributed by atoms with Crippen LogP contribution in [-0.2, 0) is 4.79 Å². The lowest BCUT2D eigenvalue weighted by molar-refractivity contribution is -0.192. The van der Waals surface area contributed by atoms with Gasteiger partial charge in [-0.3, -0.25) is 9.69 Å². The van der Waals surface area contributed by atoms with Crippen LogP contribution in [0.2, 0.25) is 0 Å². The number of aromatic nitrogens is 1. The summed E-state index contributed by atoms with van der Waals surface area (Å²) >= 11 is 0. The largest absolute Gasteiger partial charge is 0.490 e. The number of alkyl halides is 3. The van der Waals surface area contributed by atoms with E-state index in [2.05, 4.69) is 15.2 Å². The number of aliphatic carboxylic acids is 1. The highest BCUT2D eigenvalue weighted by atomic mass is 19.4. The number of halogens is 4. The molecule has 0 radical (unpaired) electrons. The zero-order valence-corrected chi connectivity index (χ0v) is 20.3. The van der Waals surface area contributed by atoms with Crippen molar-refractivity contribution in [1.29, 1.82) is 0 Å². The number of anilines is 1. The number of ether oxygens (including phenoxy) is 1. The highest BCUT2D eigenvalue weighted by molar-refractivity contribution is 5.97. The number of hydrogen-bond donors (Lipinski definition) is 2. The summed E-state index contributed by atoms with van der Waals surface area (Å²) in [5, 5.41) is 9.95. The average Bonchev–Trinajstić information content (AvgIpc) is 2.85. The van der Waals surface area contributed by atoms with Crippen molar-refractivity contribution in [1.82, 2.24) is 14.8 Å². The number of benzene rings is 1. The minimum atomic E-state index is -5.08. The summed E-state index contributed by atoms with van der Waals surface area (Å²) in [5.74, 6) is -2.23. The number of urea groups is 1. The number of ketones is 1. The lowest BCUT2D eigenvalue weighted by Gasteiger charge is -2.33. The Morgan fingerprint density at radius 2 is 1.73 bits per heavy atom. The molecule has 1 aliphatic heterocycles. The van der Waals surface area contributed by atoms with Crippen LogP contribution in [0.4, 0.5) is 28.0 Å². The highest BCUT2D eigenvalue weighted by Gasteiger charge is 2.38. The molecule has 202 valence electrons. The zero-order chi connectivity index (χ0) is 27.6. The quantitative estimate of drug-likeness (QED) is 0.414. The first-order valence-electron chi connectivity index (χ1n) is 11.2. The third-order valence-corrected chi connectivity index (χ3v) is 5.56. The van der Waals surface area contributed by atoms with Crippen LogP contribution in [0, 0.1) is 11.7 Å². The summed E-state index contributed by atoms with van der Waals surface area (Å²) in [5.41, 5.74) is 1.14. The fourth-order valence-electron chi connectivity index (χ4n) is 3.52. The van der Waals surface area contributed by atoms with Crippen LogP contribution in [0.15, 0.2) is 42.6 Å². The maximum absolute atomic E-state index is 13.0. The molecule has 1 fully saturated rings. The van der Waals surface area contributed by atoms with E-state index in [4.69, 9.17) is 14.6 Å². The zero-order valence-electron chi connectivity index (χ0n) is 20.3. The van der Waals surface area contributed by atoms with Crippen LogP contribution >= 0.6 is 0 Å². The number of piperidine rings is 1. The fraction of sp³-hybridized carbons (Fsp3) is 0.417. The summed E-state index contributed by atoms with van der Waals surface area (Å²) in [6.45, 7) is 2.58. The molecule has 0 atom stereocenters. The number of likely N-dealkylation sites (tertiary alicyclic amines) is 1. The first kappa shape index (κ1) is 29.5. The molecule has 13 heteroatoms. The number of hydrogen-bond acceptors (Lipinski definition) is 6. The average molecular weight is 529 g/mol. The van der Waals surface area contributed by atoms with E-state index >= 15 is 0 Å². The number of methoxy groups -OCH3 is 1. The van der Waals surface area contributed by atoms with E-state index in [9.17, 15) is 27.2 Å². The molecule has 2 N–H and O–H groups in total. The third-order valence-electron chi connectivity index (χ3n) is 5.56. The SMILES string of the molecule is COc1ccc(NC(=O)N(C)CC2CCN(CC(=O)c3ccc(F)cc3)CC2)cn1.O=C(O)C(F)(F)F. The smallest absolute Gasteiger partial charge is 0.481 e. The van der Waals surface area contributed by atoms with Gasteiger partial charge >= 0.3 is 18.2 Å². The Morgan fingerprint density at radius 3 is 2.22 bits per heavy atom. The summed E-state index contributed by atoms with van der Waals surface area (Å²) in [6.07, 6.45) is -1.70. The Hall–Kier alpha value is -3.74. The number of nitrogens with one attached hydrogen (secondary N) is 1. The lowest BCUT2D eigenvalue weighted by Crippen LogP contribution is -2.42. The first-order chi connectivity index (χ1) is 17.4. The second kappa shape index (κ2) is 13.5. The Bertz CT molecular complexity index is 1040. The fourth-order valence-corrected chi connectivity index (χ4v) is 3.52. The molecule has 1 aliphatic rings. The molecule has 0 spiro atoms. The summed E-state index contributed by atoms with van der Waals surface area (Å²) in [4.78, 5) is 41.5. The molecule has 9 nitrogen and oxygen atoms in total. The molecular formula is C24H28F4N4O5. The van der Waals surface area contributed by atoms with Crippen molar-refractivity contribution in [3.8, 4) is 5.88 Å². The van der Waals surface area contributed by atoms with Gasteiger partial charge in [-0.2, -0.15) is 13.2 Å². The summed E-state index contributed by atoms with van der Waals surface area (Å²) in [7, 11) is 3.31. The van der Waals surface area contributed by atoms with Gasteiger partial charge in [0.1, 0.15) is 5.82 Å². The monoisotopic (exact) mass is 528 g/mol. The van der Waals surface area contributed by atoms with Crippen molar-refractivity contribution < 1.29 is 41.8 Å². The number of rotatable bonds is 7. The van der Waals surface area contributed by atoms with Gasteiger partial charge in [0.25, 0.3) is 0 Å². The van der Waals surface area contributed by atoms with Crippen LogP contribution in [0.25, 0.3) is 0 Å². The molecule has 2 aromatic rings. The minimum Gasteiger partial charge on any atom is -0.481 e. The highest BCUT2D eigenvalue weighted by Crippen LogP contribution is 2.19. The van der Waals surface area contributed by atoms with Gasteiger partial charge in [0, 0.05) is 25.2 Å². The summed E-state index contributed by atoms with van der Waals surface area (Å²) < 4.78 is 49.7. The molecule has 0 unspecified atom stereocenters. The Kier molecular flexibility index (Phi) is 10.8. The van der Waals surface area contributed by atoms with E-state index in [-0.39, 0.29) is 17.6 Å². The lowest BCUT2D eigenvalue weighted by atomic mass is 9.96. The molecule has 1 aromatic carbocycles.